The topological polar surface area (TPSA) is 30.0 Å². The number of hydrogen-bond donors (Lipinski definition) is 0. The minimum atomic E-state index is -0.651. The maximum atomic E-state index is 12.3. The summed E-state index contributed by atoms with van der Waals surface area (Å²) in [7, 11) is -0.651. The van der Waals surface area contributed by atoms with Gasteiger partial charge in [-0.3, -0.25) is 9.19 Å². The van der Waals surface area contributed by atoms with Crippen LogP contribution < -0.4 is 0 Å². The van der Waals surface area contributed by atoms with Crippen LogP contribution in [0.25, 0.3) is 16.8 Å². The molecular weight excluding hydrogens is 290 g/mol. The van der Waals surface area contributed by atoms with Gasteiger partial charge in [0.2, 0.25) is 0 Å². The number of rotatable bonds is 2. The molecule has 0 spiro atoms. The van der Waals surface area contributed by atoms with Crippen LogP contribution in [0.3, 0.4) is 0 Å². The maximum Gasteiger partial charge on any atom is 0.0701 e. The Bertz CT molecular complexity index is 721. The molecule has 3 heterocycles. The predicted molar refractivity (Wildman–Crippen MR) is 91.8 cm³/mol. The molecule has 0 N–H and O–H groups in total. The van der Waals surface area contributed by atoms with Gasteiger partial charge in [0.05, 0.1) is 10.9 Å². The number of pyridine rings is 1. The van der Waals surface area contributed by atoms with Crippen molar-refractivity contribution in [3.8, 4) is 11.3 Å². The Labute approximate surface area is 133 Å². The van der Waals surface area contributed by atoms with E-state index < -0.39 is 10.8 Å². The van der Waals surface area contributed by atoms with Crippen molar-refractivity contribution in [3.05, 3.63) is 60.3 Å². The fourth-order valence-corrected chi connectivity index (χ4v) is 5.44. The minimum Gasteiger partial charge on any atom is -0.259 e. The fraction of sp³-hybridized carbons (Fsp3) is 0.316. The number of nitrogens with zero attached hydrogens (tertiary/aromatic N) is 1. The van der Waals surface area contributed by atoms with Gasteiger partial charge < -0.3 is 0 Å². The highest BCUT2D eigenvalue weighted by molar-refractivity contribution is 7.86. The van der Waals surface area contributed by atoms with E-state index in [0.717, 1.165) is 30.5 Å². The molecule has 1 aromatic carbocycles. The zero-order valence-corrected chi connectivity index (χ0v) is 13.3. The molecule has 3 unspecified atom stereocenters. The lowest BCUT2D eigenvalue weighted by Gasteiger charge is -2.32. The average molecular weight is 309 g/mol. The monoisotopic (exact) mass is 309 g/mol. The molecule has 2 aromatic rings. The third-order valence-corrected chi connectivity index (χ3v) is 6.72. The van der Waals surface area contributed by atoms with Crippen LogP contribution in [-0.4, -0.2) is 19.7 Å². The second kappa shape index (κ2) is 5.81. The van der Waals surface area contributed by atoms with Crippen molar-refractivity contribution in [1.82, 2.24) is 4.98 Å². The van der Waals surface area contributed by atoms with Gasteiger partial charge in [0, 0.05) is 27.8 Å². The largest absolute Gasteiger partial charge is 0.259 e. The summed E-state index contributed by atoms with van der Waals surface area (Å²) in [4.78, 5) is 4.39. The smallest absolute Gasteiger partial charge is 0.0701 e. The van der Waals surface area contributed by atoms with Crippen LogP contribution in [0.15, 0.2) is 54.7 Å². The molecule has 2 nitrogen and oxygen atoms in total. The van der Waals surface area contributed by atoms with Crippen LogP contribution in [0.1, 0.15) is 31.2 Å². The van der Waals surface area contributed by atoms with Crippen molar-refractivity contribution in [3.63, 3.8) is 0 Å². The van der Waals surface area contributed by atoms with Crippen molar-refractivity contribution >= 4 is 16.4 Å². The second-order valence-electron chi connectivity index (χ2n) is 6.11. The van der Waals surface area contributed by atoms with E-state index in [1.807, 2.05) is 24.4 Å². The summed E-state index contributed by atoms with van der Waals surface area (Å²) in [5.74, 6) is 0. The fourth-order valence-electron chi connectivity index (χ4n) is 3.50. The minimum absolute atomic E-state index is 0.276. The number of fused-ring (bicyclic) bond motifs is 2. The Hall–Kier alpha value is -1.74. The zero-order valence-electron chi connectivity index (χ0n) is 12.4. The first-order valence-corrected chi connectivity index (χ1v) is 9.21. The van der Waals surface area contributed by atoms with Crippen molar-refractivity contribution in [2.75, 3.05) is 0 Å². The molecule has 2 aliphatic rings. The second-order valence-corrected chi connectivity index (χ2v) is 8.04. The molecule has 0 amide bonds. The SMILES string of the molecule is O=S1C2C=C(c3ccc(-c4ccccn4)cc3)CC1CCC2. The summed E-state index contributed by atoms with van der Waals surface area (Å²) in [6.07, 6.45) is 8.48. The Kier molecular flexibility index (Phi) is 3.67. The zero-order chi connectivity index (χ0) is 14.9. The third-order valence-electron chi connectivity index (χ3n) is 4.69. The number of benzene rings is 1. The number of allylic oxidation sites excluding steroid dienone is 1. The van der Waals surface area contributed by atoms with Crippen molar-refractivity contribution < 1.29 is 4.21 Å². The van der Waals surface area contributed by atoms with E-state index in [9.17, 15) is 4.21 Å². The van der Waals surface area contributed by atoms with Crippen LogP contribution in [0, 0.1) is 0 Å². The van der Waals surface area contributed by atoms with Crippen molar-refractivity contribution in [1.29, 1.82) is 0 Å². The predicted octanol–water partition coefficient (Wildman–Crippen LogP) is 4.21. The molecular formula is C19H19NOS. The van der Waals surface area contributed by atoms with E-state index in [1.165, 1.54) is 17.6 Å². The lowest BCUT2D eigenvalue weighted by atomic mass is 9.92. The van der Waals surface area contributed by atoms with Crippen LogP contribution in [0.2, 0.25) is 0 Å². The van der Waals surface area contributed by atoms with Crippen LogP contribution in [0.4, 0.5) is 0 Å². The molecule has 4 rings (SSSR count). The first-order valence-electron chi connectivity index (χ1n) is 7.93. The summed E-state index contributed by atoms with van der Waals surface area (Å²) in [6.45, 7) is 0. The Morgan fingerprint density at radius 2 is 1.82 bits per heavy atom. The first kappa shape index (κ1) is 13.9. The Balaban J connectivity index is 1.63. The van der Waals surface area contributed by atoms with Gasteiger partial charge in [-0.25, -0.2) is 0 Å². The molecule has 0 aliphatic carbocycles. The molecule has 3 atom stereocenters. The van der Waals surface area contributed by atoms with Gasteiger partial charge in [0.1, 0.15) is 0 Å². The molecule has 1 aromatic heterocycles. The Morgan fingerprint density at radius 1 is 1.00 bits per heavy atom. The third kappa shape index (κ3) is 2.54. The first-order chi connectivity index (χ1) is 10.8. The van der Waals surface area contributed by atoms with E-state index in [-0.39, 0.29) is 5.25 Å². The molecule has 22 heavy (non-hydrogen) atoms. The van der Waals surface area contributed by atoms with Crippen LogP contribution >= 0.6 is 0 Å². The van der Waals surface area contributed by atoms with Crippen molar-refractivity contribution in [2.24, 2.45) is 0 Å². The van der Waals surface area contributed by atoms with E-state index >= 15 is 0 Å². The molecule has 0 saturated carbocycles. The van der Waals surface area contributed by atoms with E-state index in [1.54, 1.807) is 0 Å². The summed E-state index contributed by atoms with van der Waals surface area (Å²) in [5.41, 5.74) is 4.80. The highest BCUT2D eigenvalue weighted by Crippen LogP contribution is 2.37. The van der Waals surface area contributed by atoms with Crippen molar-refractivity contribution in [2.45, 2.75) is 36.2 Å². The highest BCUT2D eigenvalue weighted by atomic mass is 32.2. The molecule has 2 bridgehead atoms. The van der Waals surface area contributed by atoms with Gasteiger partial charge in [-0.1, -0.05) is 42.8 Å². The van der Waals surface area contributed by atoms with E-state index in [0.29, 0.717) is 5.25 Å². The van der Waals surface area contributed by atoms with E-state index in [4.69, 9.17) is 0 Å². The van der Waals surface area contributed by atoms with Gasteiger partial charge in [0.25, 0.3) is 0 Å². The van der Waals surface area contributed by atoms with Crippen LogP contribution in [-0.2, 0) is 10.8 Å². The van der Waals surface area contributed by atoms with Gasteiger partial charge in [-0.05, 0) is 42.5 Å². The Morgan fingerprint density at radius 3 is 2.55 bits per heavy atom. The number of hydrogen-bond acceptors (Lipinski definition) is 2. The maximum absolute atomic E-state index is 12.3. The summed E-state index contributed by atoms with van der Waals surface area (Å²) in [6, 6.07) is 14.6. The molecule has 1 saturated heterocycles. The molecule has 3 heteroatoms. The standard InChI is InChI=1S/C19H19NOS/c21-22-17-4-3-5-18(22)13-16(12-17)14-7-9-15(10-8-14)19-6-1-2-11-20-19/h1-2,6-12,17-18H,3-5,13H2. The normalized spacial score (nSPS) is 27.3. The lowest BCUT2D eigenvalue weighted by molar-refractivity contribution is 0.579. The number of aromatic nitrogens is 1. The summed E-state index contributed by atoms with van der Waals surface area (Å²) < 4.78 is 12.3. The molecule has 112 valence electrons. The summed E-state index contributed by atoms with van der Waals surface area (Å²) >= 11 is 0. The molecule has 0 radical (unpaired) electrons. The van der Waals surface area contributed by atoms with Gasteiger partial charge >= 0.3 is 0 Å². The lowest BCUT2D eigenvalue weighted by Crippen LogP contribution is -2.33. The van der Waals surface area contributed by atoms with Gasteiger partial charge in [-0.2, -0.15) is 0 Å². The molecule has 2 aliphatic heterocycles. The van der Waals surface area contributed by atoms with Gasteiger partial charge in [-0.15, -0.1) is 0 Å². The molecule has 1 fully saturated rings. The van der Waals surface area contributed by atoms with E-state index in [2.05, 4.69) is 35.3 Å². The van der Waals surface area contributed by atoms with Gasteiger partial charge in [0.15, 0.2) is 0 Å². The quantitative estimate of drug-likeness (QED) is 0.832. The highest BCUT2D eigenvalue weighted by Gasteiger charge is 2.33. The summed E-state index contributed by atoms with van der Waals surface area (Å²) in [5, 5.41) is 0.646. The average Bonchev–Trinajstić information content (AvgIpc) is 2.56. The van der Waals surface area contributed by atoms with Crippen LogP contribution in [0.5, 0.6) is 0 Å².